The summed E-state index contributed by atoms with van der Waals surface area (Å²) in [4.78, 5) is 26.4. The number of aryl methyl sites for hydroxylation is 4. The van der Waals surface area contributed by atoms with Crippen molar-refractivity contribution in [2.24, 2.45) is 0 Å². The topological polar surface area (TPSA) is 105 Å². The van der Waals surface area contributed by atoms with Crippen LogP contribution in [0.2, 0.25) is 0 Å². The lowest BCUT2D eigenvalue weighted by Crippen LogP contribution is -2.17. The Morgan fingerprint density at radius 3 is 2.56 bits per heavy atom. The number of benzene rings is 1. The average Bonchev–Trinajstić information content (AvgIpc) is 2.91. The molecule has 130 valence electrons. The van der Waals surface area contributed by atoms with Crippen molar-refractivity contribution in [1.29, 1.82) is 0 Å². The van der Waals surface area contributed by atoms with Gasteiger partial charge in [0.2, 0.25) is 11.1 Å². The Morgan fingerprint density at radius 2 is 1.88 bits per heavy atom. The zero-order chi connectivity index (χ0) is 18.1. The Bertz CT molecular complexity index is 1000. The maximum Gasteiger partial charge on any atom is 0.273 e. The monoisotopic (exact) mass is 358 g/mol. The SMILES string of the molecule is Cc1cc(C)c(NC(=O)CSc2nnc3[nH]c(=O)c(C)nn23)c(C)c1. The number of carbonyl (C=O) groups excluding carboxylic acids is 1. The van der Waals surface area contributed by atoms with Gasteiger partial charge in [-0.05, 0) is 38.8 Å². The molecular formula is C16H18N6O2S. The van der Waals surface area contributed by atoms with E-state index < -0.39 is 0 Å². The number of rotatable bonds is 4. The van der Waals surface area contributed by atoms with E-state index in [2.05, 4.69) is 25.6 Å². The van der Waals surface area contributed by atoms with E-state index in [1.54, 1.807) is 6.92 Å². The van der Waals surface area contributed by atoms with E-state index in [-0.39, 0.29) is 23.0 Å². The molecule has 0 aliphatic heterocycles. The molecule has 0 radical (unpaired) electrons. The lowest BCUT2D eigenvalue weighted by molar-refractivity contribution is -0.113. The molecule has 0 bridgehead atoms. The Labute approximate surface area is 148 Å². The van der Waals surface area contributed by atoms with Crippen molar-refractivity contribution in [2.75, 3.05) is 11.1 Å². The summed E-state index contributed by atoms with van der Waals surface area (Å²) in [5.74, 6) is 0.273. The molecule has 0 fully saturated rings. The van der Waals surface area contributed by atoms with Crippen LogP contribution in [0.15, 0.2) is 22.1 Å². The predicted octanol–water partition coefficient (Wildman–Crippen LogP) is 1.78. The zero-order valence-electron chi connectivity index (χ0n) is 14.4. The van der Waals surface area contributed by atoms with Gasteiger partial charge in [-0.15, -0.1) is 10.2 Å². The molecule has 1 amide bonds. The first kappa shape index (κ1) is 17.2. The van der Waals surface area contributed by atoms with Crippen molar-refractivity contribution >= 4 is 29.1 Å². The van der Waals surface area contributed by atoms with E-state index >= 15 is 0 Å². The third-order valence-corrected chi connectivity index (χ3v) is 4.61. The maximum absolute atomic E-state index is 12.3. The molecule has 0 spiro atoms. The number of hydrogen-bond acceptors (Lipinski definition) is 6. The van der Waals surface area contributed by atoms with Gasteiger partial charge in [0.25, 0.3) is 11.3 Å². The van der Waals surface area contributed by atoms with Crippen LogP contribution in [0.3, 0.4) is 0 Å². The van der Waals surface area contributed by atoms with E-state index in [1.807, 2.05) is 32.9 Å². The molecule has 1 aromatic carbocycles. The first-order chi connectivity index (χ1) is 11.8. The molecule has 3 aromatic rings. The minimum atomic E-state index is -0.306. The highest BCUT2D eigenvalue weighted by Crippen LogP contribution is 2.22. The van der Waals surface area contributed by atoms with Crippen molar-refractivity contribution < 1.29 is 4.79 Å². The summed E-state index contributed by atoms with van der Waals surface area (Å²) in [6.07, 6.45) is 0. The largest absolute Gasteiger partial charge is 0.325 e. The van der Waals surface area contributed by atoms with Gasteiger partial charge in [0, 0.05) is 5.69 Å². The minimum absolute atomic E-state index is 0.141. The van der Waals surface area contributed by atoms with Crippen molar-refractivity contribution in [3.05, 3.63) is 44.9 Å². The molecule has 8 nitrogen and oxygen atoms in total. The predicted molar refractivity (Wildman–Crippen MR) is 96.1 cm³/mol. The second-order valence-corrected chi connectivity index (χ2v) is 6.81. The summed E-state index contributed by atoms with van der Waals surface area (Å²) in [6, 6.07) is 4.07. The van der Waals surface area contributed by atoms with E-state index in [4.69, 9.17) is 0 Å². The van der Waals surface area contributed by atoms with Crippen LogP contribution < -0.4 is 10.9 Å². The Hall–Kier alpha value is -2.68. The third-order valence-electron chi connectivity index (χ3n) is 3.69. The molecule has 2 aromatic heterocycles. The number of anilines is 1. The number of nitrogens with zero attached hydrogens (tertiary/aromatic N) is 4. The van der Waals surface area contributed by atoms with Gasteiger partial charge < -0.3 is 5.32 Å². The van der Waals surface area contributed by atoms with Gasteiger partial charge >= 0.3 is 0 Å². The summed E-state index contributed by atoms with van der Waals surface area (Å²) >= 11 is 1.21. The van der Waals surface area contributed by atoms with E-state index in [0.29, 0.717) is 10.9 Å². The maximum atomic E-state index is 12.3. The second-order valence-electron chi connectivity index (χ2n) is 5.87. The lowest BCUT2D eigenvalue weighted by atomic mass is 10.1. The zero-order valence-corrected chi connectivity index (χ0v) is 15.2. The number of amides is 1. The molecule has 25 heavy (non-hydrogen) atoms. The van der Waals surface area contributed by atoms with Crippen LogP contribution >= 0.6 is 11.8 Å². The Kier molecular flexibility index (Phi) is 4.58. The lowest BCUT2D eigenvalue weighted by Gasteiger charge is -2.12. The third kappa shape index (κ3) is 3.55. The van der Waals surface area contributed by atoms with Crippen molar-refractivity contribution in [2.45, 2.75) is 32.9 Å². The van der Waals surface area contributed by atoms with Crippen LogP contribution in [-0.2, 0) is 4.79 Å². The van der Waals surface area contributed by atoms with Crippen molar-refractivity contribution in [3.8, 4) is 0 Å². The molecule has 0 unspecified atom stereocenters. The number of thioether (sulfide) groups is 1. The molecule has 2 N–H and O–H groups in total. The van der Waals surface area contributed by atoms with Gasteiger partial charge in [-0.25, -0.2) is 0 Å². The van der Waals surface area contributed by atoms with Crippen LogP contribution in [0.5, 0.6) is 0 Å². The molecule has 0 atom stereocenters. The summed E-state index contributed by atoms with van der Waals surface area (Å²) in [5.41, 5.74) is 4.05. The van der Waals surface area contributed by atoms with Gasteiger partial charge in [0.05, 0.1) is 5.75 Å². The van der Waals surface area contributed by atoms with Crippen LogP contribution in [0, 0.1) is 27.7 Å². The van der Waals surface area contributed by atoms with Crippen molar-refractivity contribution in [3.63, 3.8) is 0 Å². The molecule has 0 saturated carbocycles. The standard InChI is InChI=1S/C16H18N6O2S/c1-8-5-9(2)13(10(3)6-8)17-12(23)7-25-16-20-19-15-18-14(24)11(4)21-22(15)16/h5-6H,7H2,1-4H3,(H,17,23)(H,18,19,24). The average molecular weight is 358 g/mol. The minimum Gasteiger partial charge on any atom is -0.325 e. The van der Waals surface area contributed by atoms with E-state index in [1.165, 1.54) is 16.3 Å². The number of hydrogen-bond donors (Lipinski definition) is 2. The molecule has 2 heterocycles. The normalized spacial score (nSPS) is 11.0. The number of carbonyl (C=O) groups is 1. The Morgan fingerprint density at radius 1 is 1.20 bits per heavy atom. The summed E-state index contributed by atoms with van der Waals surface area (Å²) < 4.78 is 1.43. The first-order valence-electron chi connectivity index (χ1n) is 7.68. The number of aromatic amines is 1. The van der Waals surface area contributed by atoms with Gasteiger partial charge in [0.15, 0.2) is 0 Å². The molecular weight excluding hydrogens is 340 g/mol. The smallest absolute Gasteiger partial charge is 0.273 e. The van der Waals surface area contributed by atoms with Crippen LogP contribution in [-0.4, -0.2) is 36.5 Å². The van der Waals surface area contributed by atoms with E-state index in [9.17, 15) is 9.59 Å². The van der Waals surface area contributed by atoms with E-state index in [0.717, 1.165) is 22.4 Å². The Balaban J connectivity index is 1.73. The van der Waals surface area contributed by atoms with Crippen LogP contribution in [0.1, 0.15) is 22.4 Å². The molecule has 0 aliphatic carbocycles. The molecule has 3 rings (SSSR count). The highest BCUT2D eigenvalue weighted by Gasteiger charge is 2.13. The van der Waals surface area contributed by atoms with Gasteiger partial charge in [-0.1, -0.05) is 29.5 Å². The van der Waals surface area contributed by atoms with Gasteiger partial charge in [-0.3, -0.25) is 14.6 Å². The van der Waals surface area contributed by atoms with Crippen molar-refractivity contribution in [1.82, 2.24) is 24.8 Å². The molecule has 9 heteroatoms. The fraction of sp³-hybridized carbons (Fsp3) is 0.312. The fourth-order valence-electron chi connectivity index (χ4n) is 2.59. The number of fused-ring (bicyclic) bond motifs is 1. The highest BCUT2D eigenvalue weighted by molar-refractivity contribution is 7.99. The summed E-state index contributed by atoms with van der Waals surface area (Å²) in [6.45, 7) is 7.56. The number of aromatic nitrogens is 5. The summed E-state index contributed by atoms with van der Waals surface area (Å²) in [7, 11) is 0. The quantitative estimate of drug-likeness (QED) is 0.689. The molecule has 0 aliphatic rings. The van der Waals surface area contributed by atoms with Gasteiger partial charge in [-0.2, -0.15) is 9.61 Å². The highest BCUT2D eigenvalue weighted by atomic mass is 32.2. The molecule has 0 saturated heterocycles. The van der Waals surface area contributed by atoms with Gasteiger partial charge in [0.1, 0.15) is 5.69 Å². The number of nitrogens with one attached hydrogen (secondary N) is 2. The fourth-order valence-corrected chi connectivity index (χ4v) is 3.27. The second kappa shape index (κ2) is 6.67. The first-order valence-corrected chi connectivity index (χ1v) is 8.66. The van der Waals surface area contributed by atoms with Crippen LogP contribution in [0.4, 0.5) is 5.69 Å². The summed E-state index contributed by atoms with van der Waals surface area (Å²) in [5, 5.41) is 15.3. The number of H-pyrrole nitrogens is 1. The van der Waals surface area contributed by atoms with Crippen LogP contribution in [0.25, 0.3) is 5.78 Å².